The molecular weight excluding hydrogens is 342 g/mol. The molecule has 1 saturated carbocycles. The number of hydrogen-bond acceptors (Lipinski definition) is 1. The molecule has 0 aliphatic heterocycles. The Morgan fingerprint density at radius 1 is 1.20 bits per heavy atom. The highest BCUT2D eigenvalue weighted by Crippen LogP contribution is 2.33. The molecule has 1 fully saturated rings. The van der Waals surface area contributed by atoms with Gasteiger partial charge in [-0.25, -0.2) is 17.6 Å². The summed E-state index contributed by atoms with van der Waals surface area (Å²) in [5.41, 5.74) is -0.0544. The van der Waals surface area contributed by atoms with Gasteiger partial charge in [-0.1, -0.05) is 0 Å². The highest BCUT2D eigenvalue weighted by atomic mass is 79.9. The number of benzene rings is 1. The van der Waals surface area contributed by atoms with E-state index in [4.69, 9.17) is 0 Å². The minimum Gasteiger partial charge on any atom is -0.349 e. The summed E-state index contributed by atoms with van der Waals surface area (Å²) in [6, 6.07) is 1.27. The second-order valence-electron chi connectivity index (χ2n) is 4.85. The van der Waals surface area contributed by atoms with Crippen LogP contribution in [0.25, 0.3) is 0 Å². The van der Waals surface area contributed by atoms with Gasteiger partial charge < -0.3 is 5.32 Å². The predicted molar refractivity (Wildman–Crippen MR) is 68.7 cm³/mol. The Hall–Kier alpha value is -1.11. The molecule has 0 aromatic heterocycles. The van der Waals surface area contributed by atoms with Crippen molar-refractivity contribution < 1.29 is 22.4 Å². The zero-order chi connectivity index (χ0) is 14.9. The number of rotatable bonds is 2. The SMILES string of the molecule is O=C(NC1CCC(F)(F)CC1)c1cc(F)c(F)cc1Br. The van der Waals surface area contributed by atoms with Crippen LogP contribution in [0.3, 0.4) is 0 Å². The molecule has 0 atom stereocenters. The van der Waals surface area contributed by atoms with E-state index in [0.717, 1.165) is 12.1 Å². The van der Waals surface area contributed by atoms with E-state index in [1.807, 2.05) is 0 Å². The van der Waals surface area contributed by atoms with Gasteiger partial charge in [0, 0.05) is 23.4 Å². The first-order valence-corrected chi connectivity index (χ1v) is 6.91. The Bertz CT molecular complexity index is 525. The Labute approximate surface area is 121 Å². The molecule has 110 valence electrons. The van der Waals surface area contributed by atoms with Crippen LogP contribution in [0.15, 0.2) is 16.6 Å². The van der Waals surface area contributed by atoms with Gasteiger partial charge in [0.1, 0.15) is 0 Å². The second kappa shape index (κ2) is 5.71. The van der Waals surface area contributed by atoms with Crippen LogP contribution < -0.4 is 5.32 Å². The zero-order valence-corrected chi connectivity index (χ0v) is 11.9. The first-order chi connectivity index (χ1) is 9.28. The van der Waals surface area contributed by atoms with Gasteiger partial charge in [-0.05, 0) is 40.9 Å². The molecule has 2 rings (SSSR count). The van der Waals surface area contributed by atoms with Gasteiger partial charge in [0.05, 0.1) is 5.56 Å². The van der Waals surface area contributed by atoms with Gasteiger partial charge in [0.25, 0.3) is 5.91 Å². The van der Waals surface area contributed by atoms with Crippen LogP contribution in [-0.2, 0) is 0 Å². The molecule has 1 aliphatic rings. The fourth-order valence-electron chi connectivity index (χ4n) is 2.14. The first-order valence-electron chi connectivity index (χ1n) is 6.12. The van der Waals surface area contributed by atoms with E-state index < -0.39 is 23.5 Å². The molecule has 0 unspecified atom stereocenters. The van der Waals surface area contributed by atoms with Crippen LogP contribution in [-0.4, -0.2) is 17.9 Å². The fourth-order valence-corrected chi connectivity index (χ4v) is 2.64. The van der Waals surface area contributed by atoms with Crippen molar-refractivity contribution in [3.05, 3.63) is 33.8 Å². The van der Waals surface area contributed by atoms with Gasteiger partial charge in [-0.3, -0.25) is 4.79 Å². The van der Waals surface area contributed by atoms with Crippen LogP contribution in [0.2, 0.25) is 0 Å². The number of hydrogen-bond donors (Lipinski definition) is 1. The highest BCUT2D eigenvalue weighted by Gasteiger charge is 2.35. The Kier molecular flexibility index (Phi) is 4.36. The van der Waals surface area contributed by atoms with E-state index in [1.54, 1.807) is 0 Å². The molecule has 20 heavy (non-hydrogen) atoms. The largest absolute Gasteiger partial charge is 0.349 e. The smallest absolute Gasteiger partial charge is 0.252 e. The number of amides is 1. The first kappa shape index (κ1) is 15.3. The van der Waals surface area contributed by atoms with Crippen molar-refractivity contribution >= 4 is 21.8 Å². The second-order valence-corrected chi connectivity index (χ2v) is 5.70. The fraction of sp³-hybridized carbons (Fsp3) is 0.462. The lowest BCUT2D eigenvalue weighted by Crippen LogP contribution is -2.40. The standard InChI is InChI=1S/C13H12BrF4NO/c14-9-6-11(16)10(15)5-8(9)12(20)19-7-1-3-13(17,18)4-2-7/h5-7H,1-4H2,(H,19,20). The molecule has 1 aromatic carbocycles. The van der Waals surface area contributed by atoms with Gasteiger partial charge in [0.15, 0.2) is 11.6 Å². The summed E-state index contributed by atoms with van der Waals surface area (Å²) in [6.07, 6.45) is -0.228. The number of carbonyl (C=O) groups excluding carboxylic acids is 1. The quantitative estimate of drug-likeness (QED) is 0.631. The molecule has 0 bridgehead atoms. The van der Waals surface area contributed by atoms with Crippen molar-refractivity contribution in [2.24, 2.45) is 0 Å². The normalized spacial score (nSPS) is 18.9. The van der Waals surface area contributed by atoms with E-state index in [1.165, 1.54) is 0 Å². The maximum Gasteiger partial charge on any atom is 0.252 e. The van der Waals surface area contributed by atoms with E-state index in [2.05, 4.69) is 21.2 Å². The van der Waals surface area contributed by atoms with E-state index in [0.29, 0.717) is 0 Å². The van der Waals surface area contributed by atoms with Crippen molar-refractivity contribution in [2.45, 2.75) is 37.6 Å². The number of nitrogens with one attached hydrogen (secondary N) is 1. The van der Waals surface area contributed by atoms with Crippen LogP contribution in [0, 0.1) is 11.6 Å². The van der Waals surface area contributed by atoms with Gasteiger partial charge >= 0.3 is 0 Å². The summed E-state index contributed by atoms with van der Waals surface area (Å²) < 4.78 is 52.2. The van der Waals surface area contributed by atoms with Crippen molar-refractivity contribution in [2.75, 3.05) is 0 Å². The zero-order valence-electron chi connectivity index (χ0n) is 10.4. The summed E-state index contributed by atoms with van der Waals surface area (Å²) >= 11 is 2.98. The third-order valence-corrected chi connectivity index (χ3v) is 3.96. The minimum atomic E-state index is -2.68. The molecule has 1 amide bonds. The maximum absolute atomic E-state index is 13.1. The number of carbonyl (C=O) groups is 1. The summed E-state index contributed by atoms with van der Waals surface area (Å²) in [4.78, 5) is 11.9. The summed E-state index contributed by atoms with van der Waals surface area (Å²) in [6.45, 7) is 0. The molecule has 0 spiro atoms. The molecule has 1 N–H and O–H groups in total. The van der Waals surface area contributed by atoms with Crippen molar-refractivity contribution in [3.8, 4) is 0 Å². The topological polar surface area (TPSA) is 29.1 Å². The molecule has 2 nitrogen and oxygen atoms in total. The summed E-state index contributed by atoms with van der Waals surface area (Å²) in [5, 5.41) is 2.57. The Balaban J connectivity index is 2.04. The molecule has 0 radical (unpaired) electrons. The highest BCUT2D eigenvalue weighted by molar-refractivity contribution is 9.10. The van der Waals surface area contributed by atoms with Gasteiger partial charge in [-0.15, -0.1) is 0 Å². The van der Waals surface area contributed by atoms with Crippen LogP contribution in [0.1, 0.15) is 36.0 Å². The lowest BCUT2D eigenvalue weighted by atomic mass is 9.92. The molecule has 0 heterocycles. The third kappa shape index (κ3) is 3.50. The molecular formula is C13H12BrF4NO. The minimum absolute atomic E-state index is 0.0544. The lowest BCUT2D eigenvalue weighted by molar-refractivity contribution is -0.0399. The Morgan fingerprint density at radius 3 is 2.35 bits per heavy atom. The van der Waals surface area contributed by atoms with Crippen molar-refractivity contribution in [3.63, 3.8) is 0 Å². The van der Waals surface area contributed by atoms with Crippen LogP contribution in [0.4, 0.5) is 17.6 Å². The van der Waals surface area contributed by atoms with Gasteiger partial charge in [-0.2, -0.15) is 0 Å². The lowest BCUT2D eigenvalue weighted by Gasteiger charge is -2.28. The summed E-state index contributed by atoms with van der Waals surface area (Å²) in [5.74, 6) is -5.48. The molecule has 1 aromatic rings. The van der Waals surface area contributed by atoms with E-state index in [-0.39, 0.29) is 41.8 Å². The number of halogens is 5. The van der Waals surface area contributed by atoms with Crippen molar-refractivity contribution in [1.82, 2.24) is 5.32 Å². The predicted octanol–water partition coefficient (Wildman–Crippen LogP) is 4.04. The summed E-state index contributed by atoms with van der Waals surface area (Å²) in [7, 11) is 0. The van der Waals surface area contributed by atoms with Gasteiger partial charge in [0.2, 0.25) is 5.92 Å². The van der Waals surface area contributed by atoms with Crippen molar-refractivity contribution in [1.29, 1.82) is 0 Å². The van der Waals surface area contributed by atoms with E-state index >= 15 is 0 Å². The monoisotopic (exact) mass is 353 g/mol. The average Bonchev–Trinajstić information content (AvgIpc) is 2.36. The van der Waals surface area contributed by atoms with Crippen LogP contribution >= 0.6 is 15.9 Å². The molecule has 1 aliphatic carbocycles. The molecule has 7 heteroatoms. The van der Waals surface area contributed by atoms with E-state index in [9.17, 15) is 22.4 Å². The maximum atomic E-state index is 13.1. The van der Waals surface area contributed by atoms with Crippen LogP contribution in [0.5, 0.6) is 0 Å². The third-order valence-electron chi connectivity index (χ3n) is 3.31. The number of alkyl halides is 2. The Morgan fingerprint density at radius 2 is 1.75 bits per heavy atom. The molecule has 0 saturated heterocycles. The average molecular weight is 354 g/mol.